The summed E-state index contributed by atoms with van der Waals surface area (Å²) >= 11 is 0. The van der Waals surface area contributed by atoms with Crippen molar-refractivity contribution >= 4 is 28.7 Å². The van der Waals surface area contributed by atoms with Crippen LogP contribution in [0.25, 0.3) is 0 Å². The lowest BCUT2D eigenvalue weighted by Crippen LogP contribution is -2.55. The van der Waals surface area contributed by atoms with Crippen LogP contribution in [0, 0.1) is 10.1 Å². The first-order valence-electron chi connectivity index (χ1n) is 11.7. The SMILES string of the molecule is O=C(Nc1ccc(N2CCN(CC3(O)CCN(c4ccc([N+](=O)[O-])cc4)CC3)CC2)cc1)C(F)(F)F. The number of carbonyl (C=O) groups excluding carboxylic acids is 1. The molecule has 194 valence electrons. The van der Waals surface area contributed by atoms with Crippen molar-refractivity contribution in [2.24, 2.45) is 0 Å². The number of aliphatic hydroxyl groups is 1. The molecule has 2 aromatic rings. The molecule has 2 heterocycles. The maximum Gasteiger partial charge on any atom is 0.471 e. The van der Waals surface area contributed by atoms with Crippen molar-refractivity contribution in [1.29, 1.82) is 0 Å². The largest absolute Gasteiger partial charge is 0.471 e. The van der Waals surface area contributed by atoms with Gasteiger partial charge in [-0.05, 0) is 49.2 Å². The first kappa shape index (κ1) is 25.7. The molecule has 0 saturated carbocycles. The molecule has 0 atom stereocenters. The normalized spacial score (nSPS) is 18.7. The number of piperazine rings is 1. The predicted octanol–water partition coefficient (Wildman–Crippen LogP) is 3.25. The second-order valence-electron chi connectivity index (χ2n) is 9.25. The van der Waals surface area contributed by atoms with Crippen LogP contribution in [0.5, 0.6) is 0 Å². The third-order valence-corrected chi connectivity index (χ3v) is 6.76. The van der Waals surface area contributed by atoms with Crippen molar-refractivity contribution in [3.8, 4) is 0 Å². The molecule has 2 aliphatic rings. The number of nitro benzene ring substituents is 1. The van der Waals surface area contributed by atoms with Crippen LogP contribution in [0.4, 0.5) is 35.9 Å². The zero-order valence-electron chi connectivity index (χ0n) is 19.6. The van der Waals surface area contributed by atoms with Gasteiger partial charge in [0.2, 0.25) is 0 Å². The highest BCUT2D eigenvalue weighted by molar-refractivity contribution is 5.95. The minimum Gasteiger partial charge on any atom is -0.388 e. The lowest BCUT2D eigenvalue weighted by molar-refractivity contribution is -0.384. The smallest absolute Gasteiger partial charge is 0.388 e. The number of anilines is 3. The van der Waals surface area contributed by atoms with Crippen molar-refractivity contribution < 1.29 is 28.0 Å². The van der Waals surface area contributed by atoms with E-state index in [1.807, 2.05) is 5.32 Å². The second-order valence-corrected chi connectivity index (χ2v) is 9.25. The van der Waals surface area contributed by atoms with E-state index >= 15 is 0 Å². The first-order chi connectivity index (χ1) is 17.0. The van der Waals surface area contributed by atoms with Gasteiger partial charge in [0.15, 0.2) is 0 Å². The van der Waals surface area contributed by atoms with Crippen LogP contribution in [-0.2, 0) is 4.79 Å². The number of hydrogen-bond donors (Lipinski definition) is 2. The summed E-state index contributed by atoms with van der Waals surface area (Å²) in [4.78, 5) is 28.0. The number of β-amino-alcohol motifs (C(OH)–C–C–N with tert-alkyl or cyclic N) is 1. The predicted molar refractivity (Wildman–Crippen MR) is 129 cm³/mol. The van der Waals surface area contributed by atoms with Gasteiger partial charge >= 0.3 is 12.1 Å². The number of nitro groups is 1. The van der Waals surface area contributed by atoms with Gasteiger partial charge in [-0.25, -0.2) is 0 Å². The number of nitrogens with zero attached hydrogens (tertiary/aromatic N) is 4. The maximum atomic E-state index is 12.4. The van der Waals surface area contributed by atoms with Gasteiger partial charge in [0.05, 0.1) is 10.5 Å². The van der Waals surface area contributed by atoms with E-state index < -0.39 is 22.6 Å². The summed E-state index contributed by atoms with van der Waals surface area (Å²) in [5, 5.41) is 23.8. The number of carbonyl (C=O) groups is 1. The van der Waals surface area contributed by atoms with E-state index in [1.54, 1.807) is 24.3 Å². The van der Waals surface area contributed by atoms with Gasteiger partial charge in [-0.15, -0.1) is 0 Å². The van der Waals surface area contributed by atoms with Crippen LogP contribution >= 0.6 is 0 Å². The van der Waals surface area contributed by atoms with E-state index in [0.717, 1.165) is 24.5 Å². The van der Waals surface area contributed by atoms with Gasteiger partial charge < -0.3 is 20.2 Å². The molecular weight excluding hydrogens is 479 g/mol. The van der Waals surface area contributed by atoms with Gasteiger partial charge in [-0.1, -0.05) is 0 Å². The Hall–Kier alpha value is -3.38. The molecule has 0 unspecified atom stereocenters. The van der Waals surface area contributed by atoms with Gasteiger partial charge in [0.1, 0.15) is 0 Å². The van der Waals surface area contributed by atoms with Crippen LogP contribution in [0.3, 0.4) is 0 Å². The fraction of sp³-hybridized carbons (Fsp3) is 0.458. The molecule has 9 nitrogen and oxygen atoms in total. The standard InChI is InChI=1S/C24H28F3N5O4/c25-24(26,27)22(33)28-18-1-3-19(4-2-18)31-15-13-29(14-16-31)17-23(34)9-11-30(12-10-23)20-5-7-21(8-6-20)32(35)36/h1-8,34H,9-17H2,(H,28,33). The molecule has 36 heavy (non-hydrogen) atoms. The van der Waals surface area contributed by atoms with Crippen LogP contribution in [0.2, 0.25) is 0 Å². The zero-order valence-corrected chi connectivity index (χ0v) is 19.6. The van der Waals surface area contributed by atoms with E-state index in [-0.39, 0.29) is 11.4 Å². The molecule has 0 aliphatic carbocycles. The number of halogens is 3. The topological polar surface area (TPSA) is 102 Å². The number of hydrogen-bond acceptors (Lipinski definition) is 7. The number of non-ortho nitro benzene ring substituents is 1. The summed E-state index contributed by atoms with van der Waals surface area (Å²) in [6.07, 6.45) is -3.75. The average Bonchev–Trinajstić information content (AvgIpc) is 2.85. The Labute approximate surface area is 206 Å². The monoisotopic (exact) mass is 507 g/mol. The Morgan fingerprint density at radius 2 is 1.42 bits per heavy atom. The van der Waals surface area contributed by atoms with Crippen LogP contribution in [0.15, 0.2) is 48.5 Å². The lowest BCUT2D eigenvalue weighted by Gasteiger charge is -2.44. The Balaban J connectivity index is 1.24. The number of amides is 1. The summed E-state index contributed by atoms with van der Waals surface area (Å²) in [5.41, 5.74) is 1.09. The highest BCUT2D eigenvalue weighted by atomic mass is 19.4. The zero-order chi connectivity index (χ0) is 25.9. The molecule has 4 rings (SSSR count). The second kappa shape index (κ2) is 10.3. The van der Waals surface area contributed by atoms with Gasteiger partial charge in [-0.2, -0.15) is 13.2 Å². The third kappa shape index (κ3) is 6.24. The van der Waals surface area contributed by atoms with Crippen molar-refractivity contribution in [1.82, 2.24) is 4.90 Å². The summed E-state index contributed by atoms with van der Waals surface area (Å²) < 4.78 is 37.2. The van der Waals surface area contributed by atoms with E-state index in [9.17, 15) is 33.2 Å². The Morgan fingerprint density at radius 3 is 1.92 bits per heavy atom. The summed E-state index contributed by atoms with van der Waals surface area (Å²) in [7, 11) is 0. The Kier molecular flexibility index (Phi) is 7.36. The minimum absolute atomic E-state index is 0.0515. The molecule has 12 heteroatoms. The van der Waals surface area contributed by atoms with Crippen LogP contribution in [-0.4, -0.2) is 78.4 Å². The molecule has 2 N–H and O–H groups in total. The number of rotatable bonds is 6. The van der Waals surface area contributed by atoms with E-state index in [4.69, 9.17) is 0 Å². The van der Waals surface area contributed by atoms with Crippen molar-refractivity contribution in [3.05, 3.63) is 58.6 Å². The quantitative estimate of drug-likeness (QED) is 0.457. The lowest BCUT2D eigenvalue weighted by atomic mass is 9.90. The van der Waals surface area contributed by atoms with Crippen molar-refractivity contribution in [3.63, 3.8) is 0 Å². The fourth-order valence-corrected chi connectivity index (χ4v) is 4.66. The number of nitrogens with one attached hydrogen (secondary N) is 1. The van der Waals surface area contributed by atoms with Crippen LogP contribution in [0.1, 0.15) is 12.8 Å². The highest BCUT2D eigenvalue weighted by Gasteiger charge is 2.39. The Bertz CT molecular complexity index is 1060. The summed E-state index contributed by atoms with van der Waals surface area (Å²) in [5.74, 6) is -2.00. The molecule has 2 aromatic carbocycles. The Morgan fingerprint density at radius 1 is 0.917 bits per heavy atom. The van der Waals surface area contributed by atoms with Crippen molar-refractivity contribution in [2.45, 2.75) is 24.6 Å². The average molecular weight is 508 g/mol. The van der Waals surface area contributed by atoms with Gasteiger partial charge in [-0.3, -0.25) is 19.8 Å². The molecule has 0 spiro atoms. The molecule has 0 bridgehead atoms. The van der Waals surface area contributed by atoms with Gasteiger partial charge in [0, 0.05) is 75.0 Å². The molecule has 0 radical (unpaired) electrons. The first-order valence-corrected chi connectivity index (χ1v) is 11.7. The molecule has 2 aliphatic heterocycles. The van der Waals surface area contributed by atoms with Gasteiger partial charge in [0.25, 0.3) is 5.69 Å². The number of benzene rings is 2. The summed E-state index contributed by atoms with van der Waals surface area (Å²) in [6.45, 7) is 4.76. The number of alkyl halides is 3. The fourth-order valence-electron chi connectivity index (χ4n) is 4.66. The summed E-state index contributed by atoms with van der Waals surface area (Å²) in [6, 6.07) is 12.7. The molecule has 2 saturated heterocycles. The minimum atomic E-state index is -4.93. The third-order valence-electron chi connectivity index (χ3n) is 6.76. The van der Waals surface area contributed by atoms with E-state index in [2.05, 4.69) is 14.7 Å². The molecule has 1 amide bonds. The number of piperidine rings is 1. The van der Waals surface area contributed by atoms with Crippen molar-refractivity contribution in [2.75, 3.05) is 60.9 Å². The van der Waals surface area contributed by atoms with Crippen LogP contribution < -0.4 is 15.1 Å². The molecule has 2 fully saturated rings. The van der Waals surface area contributed by atoms with E-state index in [0.29, 0.717) is 45.6 Å². The maximum absolute atomic E-state index is 12.4. The highest BCUT2D eigenvalue weighted by Crippen LogP contribution is 2.29. The molecule has 0 aromatic heterocycles. The van der Waals surface area contributed by atoms with E-state index in [1.165, 1.54) is 24.3 Å². The molecular formula is C24H28F3N5O4.